The Morgan fingerprint density at radius 2 is 1.83 bits per heavy atom. The Hall–Kier alpha value is -1.75. The standard InChI is InChI=1S/C19H34N4O/c1-14(2)23(15(3)4)11-10-21-19(20-6)22-13-17-8-9-18(24-7)16(5)12-17/h8-9,12,14-15H,10-11,13H2,1-7H3,(H2,20,21,22). The highest BCUT2D eigenvalue weighted by molar-refractivity contribution is 5.79. The molecule has 0 fully saturated rings. The summed E-state index contributed by atoms with van der Waals surface area (Å²) >= 11 is 0. The zero-order chi connectivity index (χ0) is 18.1. The molecule has 0 aromatic heterocycles. The number of aryl methyl sites for hydroxylation is 1. The third-order valence-electron chi connectivity index (χ3n) is 4.13. The van der Waals surface area contributed by atoms with E-state index in [0.29, 0.717) is 12.1 Å². The molecule has 0 aliphatic carbocycles. The molecule has 5 heteroatoms. The molecule has 24 heavy (non-hydrogen) atoms. The number of guanidine groups is 1. The SMILES string of the molecule is CN=C(NCCN(C(C)C)C(C)C)NCc1ccc(OC)c(C)c1. The molecule has 0 heterocycles. The summed E-state index contributed by atoms with van der Waals surface area (Å²) in [6.45, 7) is 13.6. The number of aliphatic imine (C=N–C) groups is 1. The van der Waals surface area contributed by atoms with Crippen molar-refractivity contribution in [3.63, 3.8) is 0 Å². The van der Waals surface area contributed by atoms with E-state index in [2.05, 4.69) is 67.3 Å². The van der Waals surface area contributed by atoms with Gasteiger partial charge in [-0.25, -0.2) is 0 Å². The fraction of sp³-hybridized carbons (Fsp3) is 0.632. The lowest BCUT2D eigenvalue weighted by Gasteiger charge is -2.30. The first kappa shape index (κ1) is 20.3. The van der Waals surface area contributed by atoms with Crippen LogP contribution in [0, 0.1) is 6.92 Å². The molecule has 136 valence electrons. The van der Waals surface area contributed by atoms with E-state index in [4.69, 9.17) is 4.74 Å². The summed E-state index contributed by atoms with van der Waals surface area (Å²) in [6, 6.07) is 7.31. The van der Waals surface area contributed by atoms with Crippen molar-refractivity contribution in [2.24, 2.45) is 4.99 Å². The molecule has 1 aromatic carbocycles. The van der Waals surface area contributed by atoms with E-state index in [1.807, 2.05) is 6.07 Å². The van der Waals surface area contributed by atoms with E-state index < -0.39 is 0 Å². The molecule has 0 amide bonds. The summed E-state index contributed by atoms with van der Waals surface area (Å²) in [5, 5.41) is 6.75. The number of hydrogen-bond donors (Lipinski definition) is 2. The Bertz CT molecular complexity index is 518. The van der Waals surface area contributed by atoms with Crippen LogP contribution in [0.15, 0.2) is 23.2 Å². The number of methoxy groups -OCH3 is 1. The molecule has 0 aliphatic rings. The minimum atomic E-state index is 0.545. The van der Waals surface area contributed by atoms with E-state index in [-0.39, 0.29) is 0 Å². The Labute approximate surface area is 147 Å². The van der Waals surface area contributed by atoms with E-state index in [1.165, 1.54) is 5.56 Å². The summed E-state index contributed by atoms with van der Waals surface area (Å²) in [4.78, 5) is 6.76. The van der Waals surface area contributed by atoms with E-state index in [9.17, 15) is 0 Å². The Balaban J connectivity index is 2.47. The molecule has 1 rings (SSSR count). The number of nitrogens with one attached hydrogen (secondary N) is 2. The molecule has 0 atom stereocenters. The highest BCUT2D eigenvalue weighted by Crippen LogP contribution is 2.18. The van der Waals surface area contributed by atoms with Gasteiger partial charge >= 0.3 is 0 Å². The van der Waals surface area contributed by atoms with Gasteiger partial charge in [-0.3, -0.25) is 9.89 Å². The number of nitrogens with zero attached hydrogens (tertiary/aromatic N) is 2. The smallest absolute Gasteiger partial charge is 0.191 e. The van der Waals surface area contributed by atoms with Gasteiger partial charge in [0.1, 0.15) is 5.75 Å². The molecule has 0 radical (unpaired) electrons. The fourth-order valence-corrected chi connectivity index (χ4v) is 2.87. The van der Waals surface area contributed by atoms with Crippen LogP contribution in [0.3, 0.4) is 0 Å². The van der Waals surface area contributed by atoms with Crippen molar-refractivity contribution in [1.29, 1.82) is 0 Å². The molecule has 2 N–H and O–H groups in total. The van der Waals surface area contributed by atoms with Crippen molar-refractivity contribution in [1.82, 2.24) is 15.5 Å². The molecule has 0 spiro atoms. The van der Waals surface area contributed by atoms with Crippen molar-refractivity contribution in [3.05, 3.63) is 29.3 Å². The second kappa shape index (κ2) is 10.2. The van der Waals surface area contributed by atoms with Crippen LogP contribution in [-0.4, -0.2) is 50.2 Å². The largest absolute Gasteiger partial charge is 0.496 e. The van der Waals surface area contributed by atoms with Gasteiger partial charge in [0.05, 0.1) is 7.11 Å². The average molecular weight is 335 g/mol. The predicted molar refractivity (Wildman–Crippen MR) is 103 cm³/mol. The zero-order valence-electron chi connectivity index (χ0n) is 16.3. The number of ether oxygens (including phenoxy) is 1. The van der Waals surface area contributed by atoms with Crippen molar-refractivity contribution in [2.75, 3.05) is 27.2 Å². The number of hydrogen-bond acceptors (Lipinski definition) is 3. The second-order valence-corrected chi connectivity index (χ2v) is 6.58. The van der Waals surface area contributed by atoms with Crippen molar-refractivity contribution < 1.29 is 4.74 Å². The summed E-state index contributed by atoms with van der Waals surface area (Å²) in [6.07, 6.45) is 0. The van der Waals surface area contributed by atoms with E-state index >= 15 is 0 Å². The first-order valence-electron chi connectivity index (χ1n) is 8.72. The maximum Gasteiger partial charge on any atom is 0.191 e. The first-order chi connectivity index (χ1) is 11.4. The Morgan fingerprint density at radius 1 is 1.17 bits per heavy atom. The van der Waals surface area contributed by atoms with Crippen molar-refractivity contribution in [2.45, 2.75) is 53.2 Å². The van der Waals surface area contributed by atoms with Crippen LogP contribution in [0.1, 0.15) is 38.8 Å². The number of rotatable bonds is 8. The number of benzene rings is 1. The highest BCUT2D eigenvalue weighted by Gasteiger charge is 2.12. The van der Waals surface area contributed by atoms with E-state index in [0.717, 1.165) is 36.9 Å². The predicted octanol–water partition coefficient (Wildman–Crippen LogP) is 2.79. The van der Waals surface area contributed by atoms with Gasteiger partial charge in [0.15, 0.2) is 5.96 Å². The Morgan fingerprint density at radius 3 is 2.33 bits per heavy atom. The van der Waals surface area contributed by atoms with Gasteiger partial charge < -0.3 is 15.4 Å². The van der Waals surface area contributed by atoms with Crippen LogP contribution in [-0.2, 0) is 6.54 Å². The lowest BCUT2D eigenvalue weighted by atomic mass is 10.1. The quantitative estimate of drug-likeness (QED) is 0.567. The lowest BCUT2D eigenvalue weighted by Crippen LogP contribution is -2.45. The van der Waals surface area contributed by atoms with Crippen molar-refractivity contribution in [3.8, 4) is 5.75 Å². The van der Waals surface area contributed by atoms with Crippen LogP contribution in [0.5, 0.6) is 5.75 Å². The molecule has 0 aliphatic heterocycles. The second-order valence-electron chi connectivity index (χ2n) is 6.58. The summed E-state index contributed by atoms with van der Waals surface area (Å²) < 4.78 is 5.30. The monoisotopic (exact) mass is 334 g/mol. The topological polar surface area (TPSA) is 48.9 Å². The van der Waals surface area contributed by atoms with Gasteiger partial charge in [0, 0.05) is 38.8 Å². The van der Waals surface area contributed by atoms with Crippen molar-refractivity contribution >= 4 is 5.96 Å². The third kappa shape index (κ3) is 6.40. The Kier molecular flexibility index (Phi) is 8.61. The molecule has 0 unspecified atom stereocenters. The lowest BCUT2D eigenvalue weighted by molar-refractivity contribution is 0.178. The van der Waals surface area contributed by atoms with Crippen LogP contribution < -0.4 is 15.4 Å². The van der Waals surface area contributed by atoms with Crippen LogP contribution in [0.4, 0.5) is 0 Å². The van der Waals surface area contributed by atoms with Gasteiger partial charge in [-0.2, -0.15) is 0 Å². The summed E-state index contributed by atoms with van der Waals surface area (Å²) in [7, 11) is 3.50. The van der Waals surface area contributed by atoms with Crippen LogP contribution >= 0.6 is 0 Å². The average Bonchev–Trinajstić information content (AvgIpc) is 2.53. The van der Waals surface area contributed by atoms with Gasteiger partial charge in [0.25, 0.3) is 0 Å². The molecule has 0 saturated heterocycles. The van der Waals surface area contributed by atoms with Gasteiger partial charge in [-0.1, -0.05) is 12.1 Å². The highest BCUT2D eigenvalue weighted by atomic mass is 16.5. The van der Waals surface area contributed by atoms with Crippen LogP contribution in [0.2, 0.25) is 0 Å². The maximum atomic E-state index is 5.30. The van der Waals surface area contributed by atoms with Crippen LogP contribution in [0.25, 0.3) is 0 Å². The van der Waals surface area contributed by atoms with Gasteiger partial charge in [0.2, 0.25) is 0 Å². The third-order valence-corrected chi connectivity index (χ3v) is 4.13. The molecular weight excluding hydrogens is 300 g/mol. The minimum absolute atomic E-state index is 0.545. The molecule has 0 saturated carbocycles. The van der Waals surface area contributed by atoms with Gasteiger partial charge in [-0.05, 0) is 51.8 Å². The molecular formula is C19H34N4O. The van der Waals surface area contributed by atoms with E-state index in [1.54, 1.807) is 14.2 Å². The first-order valence-corrected chi connectivity index (χ1v) is 8.72. The summed E-state index contributed by atoms with van der Waals surface area (Å²) in [5.74, 6) is 1.75. The fourth-order valence-electron chi connectivity index (χ4n) is 2.87. The molecule has 5 nitrogen and oxygen atoms in total. The molecule has 1 aromatic rings. The van der Waals surface area contributed by atoms with Gasteiger partial charge in [-0.15, -0.1) is 0 Å². The molecule has 0 bridgehead atoms. The minimum Gasteiger partial charge on any atom is -0.496 e. The zero-order valence-corrected chi connectivity index (χ0v) is 16.3. The summed E-state index contributed by atoms with van der Waals surface area (Å²) in [5.41, 5.74) is 2.35. The normalized spacial score (nSPS) is 12.2. The maximum absolute atomic E-state index is 5.30.